The van der Waals surface area contributed by atoms with Gasteiger partial charge in [-0.25, -0.2) is 4.98 Å². The fourth-order valence-electron chi connectivity index (χ4n) is 4.76. The van der Waals surface area contributed by atoms with Gasteiger partial charge in [0.1, 0.15) is 11.9 Å². The molecule has 1 aromatic rings. The van der Waals surface area contributed by atoms with Crippen molar-refractivity contribution in [3.8, 4) is 0 Å². The number of esters is 1. The summed E-state index contributed by atoms with van der Waals surface area (Å²) in [6.45, 7) is 24.1. The number of aliphatic hydroxyl groups excluding tert-OH is 1. The van der Waals surface area contributed by atoms with E-state index in [4.69, 9.17) is 9.16 Å². The summed E-state index contributed by atoms with van der Waals surface area (Å²) in [4.78, 5) is 32.2. The maximum atomic E-state index is 14.0. The minimum absolute atomic E-state index is 0.0498. The van der Waals surface area contributed by atoms with E-state index in [0.29, 0.717) is 12.8 Å². The third-order valence-electron chi connectivity index (χ3n) is 8.85. The van der Waals surface area contributed by atoms with Crippen molar-refractivity contribution >= 4 is 37.5 Å². The van der Waals surface area contributed by atoms with Crippen LogP contribution in [0.2, 0.25) is 18.1 Å². The lowest BCUT2D eigenvalue weighted by molar-refractivity contribution is -0.153. The van der Waals surface area contributed by atoms with E-state index >= 15 is 0 Å². The highest BCUT2D eigenvalue weighted by Crippen LogP contribution is 2.42. The Morgan fingerprint density at radius 2 is 1.85 bits per heavy atom. The number of hydrogen-bond donors (Lipinski definition) is 1. The third kappa shape index (κ3) is 9.57. The number of ether oxygens (including phenoxy) is 1. The van der Waals surface area contributed by atoms with Gasteiger partial charge in [-0.2, -0.15) is 0 Å². The second kappa shape index (κ2) is 14.1. The molecule has 1 aliphatic rings. The number of aromatic nitrogens is 1. The molecule has 1 aliphatic heterocycles. The Morgan fingerprint density at radius 1 is 1.22 bits per heavy atom. The Labute approximate surface area is 253 Å². The standard InChI is InChI=1S/C33H53NO5SSi/c1-21-14-13-15-22(2)30(36)24(4)31(37)33(9,10)28(39-41(11,12)32(6,7)8)19-29(35)38-27(17-16-21)23(3)18-26-20-40-25(5)34-26/h13,15-16,18,20,22,24,27-28,30,36H,14,17,19H2,1-12H3/t22-,24+,27-,28-,30-/m0/s1. The van der Waals surface area contributed by atoms with Crippen LogP contribution in [0.1, 0.15) is 92.3 Å². The van der Waals surface area contributed by atoms with E-state index in [1.165, 1.54) is 0 Å². The summed E-state index contributed by atoms with van der Waals surface area (Å²) in [6, 6.07) is 0. The Balaban J connectivity index is 2.57. The maximum absolute atomic E-state index is 14.0. The van der Waals surface area contributed by atoms with Crippen LogP contribution in [0, 0.1) is 24.2 Å². The number of carbonyl (C=O) groups excluding carboxylic acids is 2. The Kier molecular flexibility index (Phi) is 12.1. The Morgan fingerprint density at radius 3 is 2.41 bits per heavy atom. The van der Waals surface area contributed by atoms with E-state index in [2.05, 4.69) is 44.9 Å². The highest BCUT2D eigenvalue weighted by molar-refractivity contribution is 7.09. The molecule has 0 bridgehead atoms. The van der Waals surface area contributed by atoms with Crippen molar-refractivity contribution in [2.24, 2.45) is 17.3 Å². The van der Waals surface area contributed by atoms with Gasteiger partial charge in [0.15, 0.2) is 8.32 Å². The predicted octanol–water partition coefficient (Wildman–Crippen LogP) is 8.07. The van der Waals surface area contributed by atoms with Crippen molar-refractivity contribution in [3.05, 3.63) is 45.5 Å². The molecule has 2 heterocycles. The molecule has 5 atom stereocenters. The number of nitrogens with zero attached hydrogens (tertiary/aromatic N) is 1. The summed E-state index contributed by atoms with van der Waals surface area (Å²) in [5, 5.41) is 14.0. The second-order valence-electron chi connectivity index (χ2n) is 13.9. The van der Waals surface area contributed by atoms with E-state index in [9.17, 15) is 14.7 Å². The Bertz CT molecular complexity index is 1160. The number of thiazole rings is 1. The lowest BCUT2D eigenvalue weighted by Crippen LogP contribution is -2.52. The van der Waals surface area contributed by atoms with Crippen molar-refractivity contribution < 1.29 is 23.9 Å². The van der Waals surface area contributed by atoms with Crippen molar-refractivity contribution in [1.29, 1.82) is 0 Å². The zero-order chi connectivity index (χ0) is 31.3. The third-order valence-corrected chi connectivity index (χ3v) is 14.1. The van der Waals surface area contributed by atoms with Gasteiger partial charge >= 0.3 is 5.97 Å². The molecule has 2 rings (SSSR count). The van der Waals surface area contributed by atoms with E-state index < -0.39 is 43.9 Å². The van der Waals surface area contributed by atoms with E-state index in [0.717, 1.165) is 21.8 Å². The monoisotopic (exact) mass is 603 g/mol. The minimum atomic E-state index is -2.37. The topological polar surface area (TPSA) is 85.7 Å². The number of ketones is 1. The molecule has 1 aromatic heterocycles. The molecule has 6 nitrogen and oxygen atoms in total. The molecule has 0 aliphatic carbocycles. The first-order chi connectivity index (χ1) is 18.8. The molecule has 0 aromatic carbocycles. The Hall–Kier alpha value is -1.87. The SMILES string of the molecule is CC1=CC[C@@H](C(C)=Cc2csc(C)n2)OC(=O)C[C@H](O[Si](C)(C)C(C)(C)C)C(C)(C)C(=O)[C@H](C)[C@@H](O)[C@@H](C)C=CC1. The lowest BCUT2D eigenvalue weighted by Gasteiger charge is -2.44. The first kappa shape index (κ1) is 35.3. The molecule has 8 heteroatoms. The van der Waals surface area contributed by atoms with Crippen molar-refractivity contribution in [2.75, 3.05) is 0 Å². The number of rotatable bonds is 4. The van der Waals surface area contributed by atoms with Gasteiger partial charge in [0.05, 0.1) is 29.3 Å². The van der Waals surface area contributed by atoms with Gasteiger partial charge in [0.25, 0.3) is 0 Å². The summed E-state index contributed by atoms with van der Waals surface area (Å²) in [5.74, 6) is -1.34. The van der Waals surface area contributed by atoms with Crippen LogP contribution in [-0.4, -0.2) is 48.5 Å². The van der Waals surface area contributed by atoms with Crippen LogP contribution >= 0.6 is 11.3 Å². The summed E-state index contributed by atoms with van der Waals surface area (Å²) < 4.78 is 13.0. The number of aryl methyl sites for hydroxylation is 1. The lowest BCUT2D eigenvalue weighted by atomic mass is 9.73. The normalized spacial score (nSPS) is 27.9. The van der Waals surface area contributed by atoms with E-state index in [1.807, 2.05) is 65.2 Å². The van der Waals surface area contributed by atoms with Crippen molar-refractivity contribution in [3.63, 3.8) is 0 Å². The fourth-order valence-corrected chi connectivity index (χ4v) is 6.78. The highest BCUT2D eigenvalue weighted by Gasteiger charge is 2.48. The van der Waals surface area contributed by atoms with E-state index in [1.54, 1.807) is 18.3 Å². The van der Waals surface area contributed by atoms with Gasteiger partial charge in [0, 0.05) is 29.1 Å². The van der Waals surface area contributed by atoms with Crippen molar-refractivity contribution in [2.45, 2.75) is 125 Å². The van der Waals surface area contributed by atoms with Gasteiger partial charge in [-0.1, -0.05) is 72.3 Å². The second-order valence-corrected chi connectivity index (χ2v) is 19.7. The van der Waals surface area contributed by atoms with Crippen LogP contribution in [0.3, 0.4) is 0 Å². The van der Waals surface area contributed by atoms with Crippen LogP contribution < -0.4 is 0 Å². The molecular weight excluding hydrogens is 551 g/mol. The maximum Gasteiger partial charge on any atom is 0.309 e. The highest BCUT2D eigenvalue weighted by atomic mass is 32.1. The zero-order valence-electron chi connectivity index (χ0n) is 27.3. The molecule has 0 saturated heterocycles. The molecular formula is C33H53NO5SSi. The van der Waals surface area contributed by atoms with Gasteiger partial charge in [-0.3, -0.25) is 9.59 Å². The van der Waals surface area contributed by atoms with Crippen LogP contribution in [0.15, 0.2) is 34.8 Å². The zero-order valence-corrected chi connectivity index (χ0v) is 29.1. The van der Waals surface area contributed by atoms with Gasteiger partial charge in [0.2, 0.25) is 0 Å². The first-order valence-electron chi connectivity index (χ1n) is 14.8. The molecule has 230 valence electrons. The molecule has 0 amide bonds. The summed E-state index contributed by atoms with van der Waals surface area (Å²) >= 11 is 1.58. The quantitative estimate of drug-likeness (QED) is 0.213. The number of allylic oxidation sites excluding steroid dienone is 2. The number of cyclic esters (lactones) is 1. The minimum Gasteiger partial charge on any atom is -0.457 e. The van der Waals surface area contributed by atoms with Crippen LogP contribution in [-0.2, 0) is 18.8 Å². The average molecular weight is 604 g/mol. The number of Topliss-reactive ketones (excluding diaryl/α,β-unsaturated/α-hetero) is 1. The molecule has 0 unspecified atom stereocenters. The molecule has 1 N–H and O–H groups in total. The van der Waals surface area contributed by atoms with Gasteiger partial charge in [-0.15, -0.1) is 11.3 Å². The molecule has 0 radical (unpaired) electrons. The fraction of sp³-hybridized carbons (Fsp3) is 0.667. The van der Waals surface area contributed by atoms with Gasteiger partial charge in [-0.05, 0) is 57.0 Å². The van der Waals surface area contributed by atoms with Crippen LogP contribution in [0.5, 0.6) is 0 Å². The largest absolute Gasteiger partial charge is 0.457 e. The summed E-state index contributed by atoms with van der Waals surface area (Å²) in [7, 11) is -2.37. The van der Waals surface area contributed by atoms with Crippen molar-refractivity contribution in [1.82, 2.24) is 4.98 Å². The summed E-state index contributed by atoms with van der Waals surface area (Å²) in [6.07, 6.45) is 7.30. The molecule has 0 spiro atoms. The van der Waals surface area contributed by atoms with Crippen LogP contribution in [0.25, 0.3) is 6.08 Å². The first-order valence-corrected chi connectivity index (χ1v) is 18.6. The predicted molar refractivity (Wildman–Crippen MR) is 172 cm³/mol. The summed E-state index contributed by atoms with van der Waals surface area (Å²) in [5.41, 5.74) is 1.87. The number of carbonyl (C=O) groups is 2. The average Bonchev–Trinajstić information content (AvgIpc) is 3.27. The number of hydrogen-bond acceptors (Lipinski definition) is 7. The molecule has 0 fully saturated rings. The smallest absolute Gasteiger partial charge is 0.309 e. The molecule has 41 heavy (non-hydrogen) atoms. The van der Waals surface area contributed by atoms with E-state index in [-0.39, 0.29) is 23.2 Å². The molecule has 0 saturated carbocycles. The number of aliphatic hydroxyl groups is 1. The van der Waals surface area contributed by atoms with Crippen LogP contribution in [0.4, 0.5) is 0 Å². The van der Waals surface area contributed by atoms with Gasteiger partial charge < -0.3 is 14.3 Å².